The van der Waals surface area contributed by atoms with Crippen LogP contribution in [0.15, 0.2) is 0 Å². The molecule has 0 heterocycles. The molecule has 20 heavy (non-hydrogen) atoms. The molecule has 0 N–H and O–H groups in total. The van der Waals surface area contributed by atoms with Crippen molar-refractivity contribution in [1.29, 1.82) is 0 Å². The van der Waals surface area contributed by atoms with Gasteiger partial charge in [0.25, 0.3) is 0 Å². The van der Waals surface area contributed by atoms with Gasteiger partial charge in [-0.15, -0.1) is 7.92 Å². The van der Waals surface area contributed by atoms with Crippen molar-refractivity contribution in [3.05, 3.63) is 29.6 Å². The first-order chi connectivity index (χ1) is 9.31. The molecule has 0 amide bonds. The van der Waals surface area contributed by atoms with Crippen LogP contribution in [0.2, 0.25) is 0 Å². The summed E-state index contributed by atoms with van der Waals surface area (Å²) in [4.78, 5) is 0. The average Bonchev–Trinajstić information content (AvgIpc) is 2.61. The van der Waals surface area contributed by atoms with E-state index in [9.17, 15) is 0 Å². The molecule has 1 aliphatic rings. The third kappa shape index (κ3) is 8.95. The second-order valence-corrected chi connectivity index (χ2v) is 11.5. The maximum absolute atomic E-state index is 4.89. The Morgan fingerprint density at radius 2 is 0.800 bits per heavy atom. The fraction of sp³-hybridized carbons (Fsp3) is 0.688. The zero-order chi connectivity index (χ0) is 16.3. The molecule has 5 radical (unpaired) electrons. The Kier molecular flexibility index (Phi) is 17.1. The maximum atomic E-state index is 4.89. The summed E-state index contributed by atoms with van der Waals surface area (Å²) in [6, 6.07) is 0. The van der Waals surface area contributed by atoms with E-state index < -0.39 is 15.7 Å². The van der Waals surface area contributed by atoms with Gasteiger partial charge >= 0.3 is 34.8 Å². The quantitative estimate of drug-likeness (QED) is 0.359. The average molecular weight is 517 g/mol. The van der Waals surface area contributed by atoms with Crippen LogP contribution in [0.4, 0.5) is 0 Å². The first-order valence-electron chi connectivity index (χ1n) is 7.07. The summed E-state index contributed by atoms with van der Waals surface area (Å²) in [5, 5.41) is 0. The molecule has 0 saturated heterocycles. The second-order valence-electron chi connectivity index (χ2n) is 4.79. The summed E-state index contributed by atoms with van der Waals surface area (Å²) < 4.78 is 0. The van der Waals surface area contributed by atoms with Gasteiger partial charge in [-0.1, -0.05) is 55.4 Å². The van der Waals surface area contributed by atoms with Gasteiger partial charge in [0.2, 0.25) is 0 Å². The number of hydrogen-bond donors (Lipinski definition) is 0. The van der Waals surface area contributed by atoms with Crippen molar-refractivity contribution in [3.8, 4) is 0 Å². The molecule has 1 rings (SSSR count). The van der Waals surface area contributed by atoms with E-state index in [1.54, 1.807) is 0 Å². The number of hydrogen-bond acceptors (Lipinski definition) is 0. The van der Waals surface area contributed by atoms with E-state index in [1.165, 1.54) is 48.1 Å². The normalized spacial score (nSPS) is 18.9. The van der Waals surface area contributed by atoms with E-state index in [0.717, 1.165) is 0 Å². The van der Waals surface area contributed by atoms with Crippen LogP contribution in [0.5, 0.6) is 0 Å². The molecule has 0 spiro atoms. The van der Waals surface area contributed by atoms with Crippen LogP contribution in [0.25, 0.3) is 0 Å². The number of rotatable bonds is 3. The van der Waals surface area contributed by atoms with E-state index >= 15 is 0 Å². The van der Waals surface area contributed by atoms with Crippen LogP contribution < -0.4 is 0 Å². The third-order valence-corrected chi connectivity index (χ3v) is 6.84. The molecule has 0 aromatic carbocycles. The Bertz CT molecular complexity index is 162. The zero-order valence-electron chi connectivity index (χ0n) is 14.2. The SMILES string of the molecule is CCP(CC)CC.C[C]1[C](C)[C](C)[C](C)[C]1C.[Cl][Ir+][Cl]. The summed E-state index contributed by atoms with van der Waals surface area (Å²) in [7, 11) is 10.2. The summed E-state index contributed by atoms with van der Waals surface area (Å²) in [5.41, 5.74) is 0. The first kappa shape index (κ1) is 23.9. The standard InChI is InChI=1S/C10H15.C6H15P.2ClH.Ir/c1-6-7(2)9(4)10(5)8(6)3;1-4-7(5-2)6-3;;;/h1-5H3;4-6H2,1-3H3;2*1H;/q;;;;+3/p-2. The van der Waals surface area contributed by atoms with Crippen LogP contribution >= 0.6 is 27.1 Å². The molecule has 1 saturated carbocycles. The molecule has 121 valence electrons. The van der Waals surface area contributed by atoms with Crippen molar-refractivity contribution in [2.24, 2.45) is 0 Å². The van der Waals surface area contributed by atoms with Gasteiger partial charge in [0.05, 0.1) is 0 Å². The van der Waals surface area contributed by atoms with Gasteiger partial charge in [-0.2, -0.15) is 0 Å². The van der Waals surface area contributed by atoms with Gasteiger partial charge in [0.15, 0.2) is 0 Å². The predicted molar refractivity (Wildman–Crippen MR) is 94.8 cm³/mol. The molecule has 4 heteroatoms. The van der Waals surface area contributed by atoms with Crippen LogP contribution in [-0.2, 0) is 15.7 Å². The summed E-state index contributed by atoms with van der Waals surface area (Å²) in [6.45, 7) is 17.9. The van der Waals surface area contributed by atoms with E-state index in [1.807, 2.05) is 0 Å². The molecule has 0 aromatic rings. The monoisotopic (exact) mass is 516 g/mol. The fourth-order valence-corrected chi connectivity index (χ4v) is 3.42. The zero-order valence-corrected chi connectivity index (χ0v) is 19.0. The summed E-state index contributed by atoms with van der Waals surface area (Å²) in [6.07, 6.45) is 4.26. The third-order valence-electron chi connectivity index (χ3n) is 4.15. The van der Waals surface area contributed by atoms with Gasteiger partial charge in [-0.05, 0) is 48.1 Å². The summed E-state index contributed by atoms with van der Waals surface area (Å²) in [5.74, 6) is 7.34. The second kappa shape index (κ2) is 14.3. The van der Waals surface area contributed by atoms with Crippen molar-refractivity contribution in [3.63, 3.8) is 0 Å². The van der Waals surface area contributed by atoms with Crippen LogP contribution in [0, 0.1) is 29.6 Å². The Balaban J connectivity index is 0. The van der Waals surface area contributed by atoms with Gasteiger partial charge in [-0.25, -0.2) is 0 Å². The molecule has 0 atom stereocenters. The fourth-order valence-electron chi connectivity index (χ4n) is 2.08. The van der Waals surface area contributed by atoms with Crippen molar-refractivity contribution < 1.29 is 15.7 Å². The summed E-state index contributed by atoms with van der Waals surface area (Å²) >= 11 is -0.556. The van der Waals surface area contributed by atoms with E-state index in [-0.39, 0.29) is 0 Å². The van der Waals surface area contributed by atoms with Crippen molar-refractivity contribution in [2.45, 2.75) is 55.4 Å². The molecule has 0 aliphatic heterocycles. The molecular formula is C16H30Cl2IrP+. The van der Waals surface area contributed by atoms with Crippen molar-refractivity contribution >= 4 is 27.1 Å². The van der Waals surface area contributed by atoms with Crippen LogP contribution in [0.1, 0.15) is 55.4 Å². The van der Waals surface area contributed by atoms with Gasteiger partial charge in [0, 0.05) is 0 Å². The number of halogens is 2. The minimum absolute atomic E-state index is 0.446. The Labute approximate surface area is 145 Å². The Morgan fingerprint density at radius 1 is 0.650 bits per heavy atom. The molecule has 0 aromatic heterocycles. The van der Waals surface area contributed by atoms with E-state index in [0.29, 0.717) is 7.92 Å². The molecule has 1 aliphatic carbocycles. The van der Waals surface area contributed by atoms with Crippen LogP contribution in [0.3, 0.4) is 0 Å². The van der Waals surface area contributed by atoms with Gasteiger partial charge in [-0.3, -0.25) is 0 Å². The Hall–Kier alpha value is 1.66. The molecule has 0 nitrogen and oxygen atoms in total. The van der Waals surface area contributed by atoms with Crippen molar-refractivity contribution in [1.82, 2.24) is 0 Å². The van der Waals surface area contributed by atoms with E-state index in [4.69, 9.17) is 19.2 Å². The van der Waals surface area contributed by atoms with E-state index in [2.05, 4.69) is 55.4 Å². The molecular weight excluding hydrogens is 486 g/mol. The van der Waals surface area contributed by atoms with Crippen LogP contribution in [-0.4, -0.2) is 18.5 Å². The predicted octanol–water partition coefficient (Wildman–Crippen LogP) is 6.88. The Morgan fingerprint density at radius 3 is 0.850 bits per heavy atom. The van der Waals surface area contributed by atoms with Gasteiger partial charge in [0.1, 0.15) is 0 Å². The van der Waals surface area contributed by atoms with Gasteiger partial charge < -0.3 is 0 Å². The van der Waals surface area contributed by atoms with Crippen molar-refractivity contribution in [2.75, 3.05) is 18.5 Å². The minimum atomic E-state index is -0.556. The molecule has 0 bridgehead atoms. The molecule has 1 fully saturated rings. The first-order valence-corrected chi connectivity index (χ1v) is 14.9. The molecule has 0 unspecified atom stereocenters. The topological polar surface area (TPSA) is 0 Å².